The number of amides is 2. The van der Waals surface area contributed by atoms with Gasteiger partial charge in [-0.05, 0) is 23.8 Å². The molecular weight excluding hydrogens is 334 g/mol. The van der Waals surface area contributed by atoms with Gasteiger partial charge < -0.3 is 19.9 Å². The maximum atomic E-state index is 12.6. The first-order chi connectivity index (χ1) is 11.4. The number of likely N-dealkylation sites (N-methyl/N-ethyl adjacent to an activating group) is 1. The van der Waals surface area contributed by atoms with Crippen molar-refractivity contribution in [3.63, 3.8) is 0 Å². The lowest BCUT2D eigenvalue weighted by atomic mass is 10.1. The van der Waals surface area contributed by atoms with Gasteiger partial charge in [-0.25, -0.2) is 4.79 Å². The molecular formula is C16H16ClN3O4. The molecule has 2 heterocycles. The summed E-state index contributed by atoms with van der Waals surface area (Å²) in [6, 6.07) is 4.27. The van der Waals surface area contributed by atoms with E-state index in [1.165, 1.54) is 11.9 Å². The van der Waals surface area contributed by atoms with Crippen molar-refractivity contribution >= 4 is 40.3 Å². The summed E-state index contributed by atoms with van der Waals surface area (Å²) in [7, 11) is 1.53. The molecule has 0 radical (unpaired) electrons. The summed E-state index contributed by atoms with van der Waals surface area (Å²) >= 11 is 6.00. The van der Waals surface area contributed by atoms with E-state index in [0.29, 0.717) is 10.6 Å². The average molecular weight is 350 g/mol. The van der Waals surface area contributed by atoms with Crippen molar-refractivity contribution in [2.45, 2.75) is 12.5 Å². The van der Waals surface area contributed by atoms with E-state index in [4.69, 9.17) is 11.6 Å². The van der Waals surface area contributed by atoms with Gasteiger partial charge in [-0.2, -0.15) is 0 Å². The number of aromatic amines is 1. The highest BCUT2D eigenvalue weighted by Crippen LogP contribution is 2.23. The smallest absolute Gasteiger partial charge is 0.328 e. The number of aliphatic carboxylic acids is 1. The lowest BCUT2D eigenvalue weighted by Crippen LogP contribution is -2.59. The number of nitrogens with one attached hydrogen (secondary N) is 1. The number of hydrogen-bond donors (Lipinski definition) is 2. The molecule has 1 atom stereocenters. The van der Waals surface area contributed by atoms with Crippen LogP contribution in [0, 0.1) is 0 Å². The Labute approximate surface area is 142 Å². The number of carboxylic acid groups (broad SMARTS) is 1. The van der Waals surface area contributed by atoms with E-state index >= 15 is 0 Å². The highest BCUT2D eigenvalue weighted by molar-refractivity contribution is 6.31. The summed E-state index contributed by atoms with van der Waals surface area (Å²) in [5.74, 6) is -1.79. The number of fused-ring (bicyclic) bond motifs is 1. The topological polar surface area (TPSA) is 93.7 Å². The first-order valence-corrected chi connectivity index (χ1v) is 7.76. The molecule has 2 amide bonds. The number of carbonyl (C=O) groups is 3. The normalized spacial score (nSPS) is 18.2. The molecule has 8 heteroatoms. The second kappa shape index (κ2) is 6.16. The second-order valence-corrected chi connectivity index (χ2v) is 6.27. The molecule has 1 fully saturated rings. The van der Waals surface area contributed by atoms with E-state index in [1.807, 2.05) is 6.07 Å². The van der Waals surface area contributed by atoms with Gasteiger partial charge in [-0.1, -0.05) is 11.6 Å². The zero-order chi connectivity index (χ0) is 17.4. The summed E-state index contributed by atoms with van der Waals surface area (Å²) in [6.07, 6.45) is 1.70. The fourth-order valence-electron chi connectivity index (χ4n) is 2.87. The summed E-state index contributed by atoms with van der Waals surface area (Å²) in [5.41, 5.74) is 1.56. The third kappa shape index (κ3) is 2.94. The van der Waals surface area contributed by atoms with Gasteiger partial charge in [0.05, 0.1) is 13.0 Å². The molecule has 1 saturated heterocycles. The van der Waals surface area contributed by atoms with Crippen LogP contribution in [0.1, 0.15) is 5.56 Å². The quantitative estimate of drug-likeness (QED) is 0.868. The van der Waals surface area contributed by atoms with Gasteiger partial charge in [0, 0.05) is 29.2 Å². The second-order valence-electron chi connectivity index (χ2n) is 5.83. The van der Waals surface area contributed by atoms with E-state index < -0.39 is 17.9 Å². The SMILES string of the molecule is CN1CC(C(=O)O)N(C(=O)Cc2c[nH]c3ccc(Cl)cc23)CC1=O. The molecule has 0 saturated carbocycles. The Hall–Kier alpha value is -2.54. The van der Waals surface area contributed by atoms with Crippen LogP contribution in [0.25, 0.3) is 10.9 Å². The Morgan fingerprint density at radius 2 is 2.17 bits per heavy atom. The molecule has 1 aliphatic rings. The third-order valence-corrected chi connectivity index (χ3v) is 4.47. The van der Waals surface area contributed by atoms with Crippen LogP contribution in [-0.4, -0.2) is 63.9 Å². The monoisotopic (exact) mass is 349 g/mol. The maximum Gasteiger partial charge on any atom is 0.328 e. The van der Waals surface area contributed by atoms with E-state index in [2.05, 4.69) is 4.98 Å². The molecule has 0 spiro atoms. The van der Waals surface area contributed by atoms with Crippen molar-refractivity contribution in [3.8, 4) is 0 Å². The molecule has 126 valence electrons. The van der Waals surface area contributed by atoms with E-state index in [9.17, 15) is 19.5 Å². The Morgan fingerprint density at radius 3 is 2.88 bits per heavy atom. The summed E-state index contributed by atoms with van der Waals surface area (Å²) in [4.78, 5) is 41.4. The number of halogens is 1. The van der Waals surface area contributed by atoms with E-state index in [0.717, 1.165) is 15.8 Å². The van der Waals surface area contributed by atoms with Crippen LogP contribution in [0.15, 0.2) is 24.4 Å². The van der Waals surface area contributed by atoms with Gasteiger partial charge >= 0.3 is 5.97 Å². The molecule has 2 aromatic rings. The predicted octanol–water partition coefficient (Wildman–Crippen LogP) is 1.12. The van der Waals surface area contributed by atoms with Crippen molar-refractivity contribution in [3.05, 3.63) is 35.0 Å². The number of hydrogen-bond acceptors (Lipinski definition) is 3. The van der Waals surface area contributed by atoms with Crippen LogP contribution in [0.5, 0.6) is 0 Å². The Kier molecular flexibility index (Phi) is 4.19. The van der Waals surface area contributed by atoms with Crippen molar-refractivity contribution in [1.82, 2.24) is 14.8 Å². The Morgan fingerprint density at radius 1 is 1.42 bits per heavy atom. The number of rotatable bonds is 3. The lowest BCUT2D eigenvalue weighted by Gasteiger charge is -2.37. The summed E-state index contributed by atoms with van der Waals surface area (Å²) in [5, 5.41) is 10.7. The molecule has 1 unspecified atom stereocenters. The van der Waals surface area contributed by atoms with Crippen LogP contribution in [0.3, 0.4) is 0 Å². The molecule has 24 heavy (non-hydrogen) atoms. The third-order valence-electron chi connectivity index (χ3n) is 4.23. The Balaban J connectivity index is 1.85. The number of nitrogens with zero attached hydrogens (tertiary/aromatic N) is 2. The molecule has 2 N–H and O–H groups in total. The highest BCUT2D eigenvalue weighted by Gasteiger charge is 2.37. The number of carbonyl (C=O) groups excluding carboxylic acids is 2. The number of H-pyrrole nitrogens is 1. The molecule has 3 rings (SSSR count). The zero-order valence-electron chi connectivity index (χ0n) is 13.0. The number of aromatic nitrogens is 1. The van der Waals surface area contributed by atoms with E-state index in [-0.39, 0.29) is 25.4 Å². The molecule has 1 aliphatic heterocycles. The molecule has 0 bridgehead atoms. The number of piperazine rings is 1. The lowest BCUT2D eigenvalue weighted by molar-refractivity contribution is -0.158. The predicted molar refractivity (Wildman–Crippen MR) is 87.8 cm³/mol. The minimum Gasteiger partial charge on any atom is -0.480 e. The zero-order valence-corrected chi connectivity index (χ0v) is 13.7. The standard InChI is InChI=1S/C16H16ClN3O4/c1-19-7-13(16(23)24)20(8-15(19)22)14(21)4-9-6-18-12-3-2-10(17)5-11(9)12/h2-3,5-6,13,18H,4,7-8H2,1H3,(H,23,24). The molecule has 1 aromatic heterocycles. The van der Waals surface area contributed by atoms with Crippen LogP contribution in [-0.2, 0) is 20.8 Å². The first kappa shape index (κ1) is 16.3. The van der Waals surface area contributed by atoms with Gasteiger partial charge in [0.25, 0.3) is 0 Å². The average Bonchev–Trinajstić information content (AvgIpc) is 2.91. The fourth-order valence-corrected chi connectivity index (χ4v) is 3.04. The van der Waals surface area contributed by atoms with Gasteiger partial charge in [0.2, 0.25) is 11.8 Å². The number of carboxylic acids is 1. The van der Waals surface area contributed by atoms with Crippen molar-refractivity contribution in [2.75, 3.05) is 20.1 Å². The first-order valence-electron chi connectivity index (χ1n) is 7.38. The van der Waals surface area contributed by atoms with Gasteiger partial charge in [-0.3, -0.25) is 9.59 Å². The largest absolute Gasteiger partial charge is 0.480 e. The molecule has 7 nitrogen and oxygen atoms in total. The van der Waals surface area contributed by atoms with Gasteiger partial charge in [0.15, 0.2) is 0 Å². The van der Waals surface area contributed by atoms with Crippen LogP contribution < -0.4 is 0 Å². The van der Waals surface area contributed by atoms with Crippen LogP contribution in [0.4, 0.5) is 0 Å². The van der Waals surface area contributed by atoms with Crippen molar-refractivity contribution < 1.29 is 19.5 Å². The summed E-state index contributed by atoms with van der Waals surface area (Å²) < 4.78 is 0. The summed E-state index contributed by atoms with van der Waals surface area (Å²) in [6.45, 7) is -0.241. The molecule has 1 aromatic carbocycles. The fraction of sp³-hybridized carbons (Fsp3) is 0.312. The van der Waals surface area contributed by atoms with Gasteiger partial charge in [-0.15, -0.1) is 0 Å². The maximum absolute atomic E-state index is 12.6. The minimum atomic E-state index is -1.12. The van der Waals surface area contributed by atoms with Crippen LogP contribution in [0.2, 0.25) is 5.02 Å². The van der Waals surface area contributed by atoms with Crippen molar-refractivity contribution in [1.29, 1.82) is 0 Å². The minimum absolute atomic E-state index is 0.00111. The Bertz CT molecular complexity index is 832. The van der Waals surface area contributed by atoms with Gasteiger partial charge in [0.1, 0.15) is 12.6 Å². The van der Waals surface area contributed by atoms with Crippen LogP contribution >= 0.6 is 11.6 Å². The number of benzene rings is 1. The highest BCUT2D eigenvalue weighted by atomic mass is 35.5. The van der Waals surface area contributed by atoms with Crippen molar-refractivity contribution in [2.24, 2.45) is 0 Å². The van der Waals surface area contributed by atoms with E-state index in [1.54, 1.807) is 18.3 Å². The molecule has 0 aliphatic carbocycles.